The van der Waals surface area contributed by atoms with Crippen LogP contribution in [0.4, 0.5) is 0 Å². The highest BCUT2D eigenvalue weighted by Crippen LogP contribution is 2.00. The second-order valence-electron chi connectivity index (χ2n) is 3.15. The van der Waals surface area contributed by atoms with Gasteiger partial charge in [0, 0.05) is 13.2 Å². The van der Waals surface area contributed by atoms with E-state index in [9.17, 15) is 9.59 Å². The van der Waals surface area contributed by atoms with Gasteiger partial charge in [-0.25, -0.2) is 0 Å². The molecule has 0 aliphatic heterocycles. The summed E-state index contributed by atoms with van der Waals surface area (Å²) in [4.78, 5) is 22.5. The van der Waals surface area contributed by atoms with Crippen molar-refractivity contribution in [3.05, 3.63) is 0 Å². The van der Waals surface area contributed by atoms with Crippen LogP contribution in [0.3, 0.4) is 0 Å². The fourth-order valence-corrected chi connectivity index (χ4v) is 1.32. The summed E-state index contributed by atoms with van der Waals surface area (Å²) in [6, 6.07) is 0. The van der Waals surface area contributed by atoms with E-state index in [1.807, 2.05) is 0 Å². The van der Waals surface area contributed by atoms with Crippen LogP contribution in [-0.4, -0.2) is 49.2 Å². The van der Waals surface area contributed by atoms with Crippen LogP contribution < -0.4 is 10.6 Å². The number of hydrogen-bond acceptors (Lipinski definition) is 4. The second kappa shape index (κ2) is 10.4. The van der Waals surface area contributed by atoms with Crippen molar-refractivity contribution in [1.29, 1.82) is 0 Å². The largest absolute Gasteiger partial charge is 0.354 e. The molecule has 0 fully saturated rings. The third-order valence-corrected chi connectivity index (χ3v) is 2.30. The predicted molar refractivity (Wildman–Crippen MR) is 68.6 cm³/mol. The standard InChI is InChI=1S/C10H18Cl2N2O4/c1-3-17-9(13-7(15)5-11)10(18-4-2)14-8(16)6-12/h9-10H,3-6H2,1-2H3,(H,13,15)(H,14,16). The quantitative estimate of drug-likeness (QED) is 0.478. The molecule has 0 bridgehead atoms. The molecule has 0 spiro atoms. The predicted octanol–water partition coefficient (Wildman–Crippen LogP) is 0.422. The maximum absolute atomic E-state index is 11.2. The van der Waals surface area contributed by atoms with Crippen LogP contribution in [0.25, 0.3) is 0 Å². The van der Waals surface area contributed by atoms with E-state index in [2.05, 4.69) is 10.6 Å². The van der Waals surface area contributed by atoms with Gasteiger partial charge in [-0.1, -0.05) is 0 Å². The lowest BCUT2D eigenvalue weighted by Gasteiger charge is -2.27. The molecule has 6 nitrogen and oxygen atoms in total. The van der Waals surface area contributed by atoms with Crippen LogP contribution in [0, 0.1) is 0 Å². The van der Waals surface area contributed by atoms with Crippen molar-refractivity contribution in [2.24, 2.45) is 0 Å². The lowest BCUT2D eigenvalue weighted by atomic mass is 10.4. The zero-order chi connectivity index (χ0) is 14.0. The van der Waals surface area contributed by atoms with Crippen molar-refractivity contribution in [2.45, 2.75) is 26.3 Å². The number of carbonyl (C=O) groups is 2. The summed E-state index contributed by atoms with van der Waals surface area (Å²) in [6.45, 7) is 4.19. The molecule has 18 heavy (non-hydrogen) atoms. The maximum atomic E-state index is 11.2. The average Bonchev–Trinajstić information content (AvgIpc) is 2.37. The van der Waals surface area contributed by atoms with Gasteiger partial charge >= 0.3 is 0 Å². The highest BCUT2D eigenvalue weighted by molar-refractivity contribution is 6.27. The van der Waals surface area contributed by atoms with Crippen molar-refractivity contribution in [3.8, 4) is 0 Å². The summed E-state index contributed by atoms with van der Waals surface area (Å²) in [5.41, 5.74) is 0. The van der Waals surface area contributed by atoms with E-state index in [4.69, 9.17) is 32.7 Å². The Morgan fingerprint density at radius 3 is 1.50 bits per heavy atom. The molecule has 0 aromatic rings. The Bertz CT molecular complexity index is 240. The van der Waals surface area contributed by atoms with Gasteiger partial charge in [-0.05, 0) is 13.8 Å². The van der Waals surface area contributed by atoms with E-state index in [0.29, 0.717) is 13.2 Å². The maximum Gasteiger partial charge on any atom is 0.237 e. The summed E-state index contributed by atoms with van der Waals surface area (Å²) in [7, 11) is 0. The first-order valence-corrected chi connectivity index (χ1v) is 6.59. The number of carbonyl (C=O) groups excluding carboxylic acids is 2. The molecule has 2 N–H and O–H groups in total. The molecular weight excluding hydrogens is 283 g/mol. The topological polar surface area (TPSA) is 76.7 Å². The minimum absolute atomic E-state index is 0.203. The number of rotatable bonds is 9. The fraction of sp³-hybridized carbons (Fsp3) is 0.800. The minimum atomic E-state index is -0.812. The molecule has 0 radical (unpaired) electrons. The lowest BCUT2D eigenvalue weighted by Crippen LogP contribution is -2.55. The third kappa shape index (κ3) is 7.00. The van der Waals surface area contributed by atoms with Gasteiger partial charge in [0.05, 0.1) is 0 Å². The lowest BCUT2D eigenvalue weighted by molar-refractivity contribution is -0.141. The Morgan fingerprint density at radius 2 is 1.28 bits per heavy atom. The highest BCUT2D eigenvalue weighted by Gasteiger charge is 2.25. The Balaban J connectivity index is 4.62. The molecule has 2 atom stereocenters. The van der Waals surface area contributed by atoms with Gasteiger partial charge in [-0.15, -0.1) is 23.2 Å². The number of halogens is 2. The highest BCUT2D eigenvalue weighted by atomic mass is 35.5. The zero-order valence-corrected chi connectivity index (χ0v) is 11.9. The van der Waals surface area contributed by atoms with Crippen LogP contribution >= 0.6 is 23.2 Å². The first-order valence-electron chi connectivity index (χ1n) is 5.52. The number of hydrogen-bond donors (Lipinski definition) is 2. The van der Waals surface area contributed by atoms with Crippen LogP contribution in [0.2, 0.25) is 0 Å². The summed E-state index contributed by atoms with van der Waals surface area (Å²) in [5.74, 6) is -1.24. The normalized spacial score (nSPS) is 13.8. The van der Waals surface area contributed by atoms with E-state index in [-0.39, 0.29) is 11.8 Å². The molecular formula is C10H18Cl2N2O4. The van der Waals surface area contributed by atoms with Gasteiger partial charge in [-0.2, -0.15) is 0 Å². The molecule has 106 valence electrons. The molecule has 0 rings (SSSR count). The molecule has 2 amide bonds. The van der Waals surface area contributed by atoms with Gasteiger partial charge < -0.3 is 20.1 Å². The van der Waals surface area contributed by atoms with Crippen LogP contribution in [0.5, 0.6) is 0 Å². The molecule has 0 heterocycles. The van der Waals surface area contributed by atoms with Gasteiger partial charge in [0.1, 0.15) is 11.8 Å². The second-order valence-corrected chi connectivity index (χ2v) is 3.69. The molecule has 8 heteroatoms. The molecule has 0 saturated heterocycles. The van der Waals surface area contributed by atoms with E-state index < -0.39 is 24.3 Å². The van der Waals surface area contributed by atoms with Crippen molar-refractivity contribution >= 4 is 35.0 Å². The Kier molecular flexibility index (Phi) is 10.0. The molecule has 0 saturated carbocycles. The fourth-order valence-electron chi connectivity index (χ4n) is 1.16. The minimum Gasteiger partial charge on any atom is -0.354 e. The van der Waals surface area contributed by atoms with Gasteiger partial charge in [-0.3, -0.25) is 9.59 Å². The summed E-state index contributed by atoms with van der Waals surface area (Å²) < 4.78 is 10.6. The molecule has 0 aromatic carbocycles. The van der Waals surface area contributed by atoms with Crippen LogP contribution in [0.1, 0.15) is 13.8 Å². The molecule has 2 unspecified atom stereocenters. The summed E-state index contributed by atoms with van der Waals surface area (Å²) in [6.07, 6.45) is -1.62. The monoisotopic (exact) mass is 300 g/mol. The van der Waals surface area contributed by atoms with Gasteiger partial charge in [0.2, 0.25) is 11.8 Å². The van der Waals surface area contributed by atoms with Gasteiger partial charge in [0.25, 0.3) is 0 Å². The summed E-state index contributed by atoms with van der Waals surface area (Å²) >= 11 is 10.8. The average molecular weight is 301 g/mol. The number of amides is 2. The molecule has 0 aliphatic rings. The van der Waals surface area contributed by atoms with Crippen LogP contribution in [-0.2, 0) is 19.1 Å². The zero-order valence-electron chi connectivity index (χ0n) is 10.4. The van der Waals surface area contributed by atoms with Crippen molar-refractivity contribution in [1.82, 2.24) is 10.6 Å². The Morgan fingerprint density at radius 1 is 0.944 bits per heavy atom. The van der Waals surface area contributed by atoms with E-state index in [1.54, 1.807) is 13.8 Å². The molecule has 0 aromatic heterocycles. The SMILES string of the molecule is CCOC(NC(=O)CCl)C(NC(=O)CCl)OCC. The van der Waals surface area contributed by atoms with Crippen molar-refractivity contribution in [3.63, 3.8) is 0 Å². The van der Waals surface area contributed by atoms with Crippen molar-refractivity contribution < 1.29 is 19.1 Å². The number of ether oxygens (including phenoxy) is 2. The Hall–Kier alpha value is -0.560. The Labute approximate surface area is 116 Å². The molecule has 0 aliphatic carbocycles. The van der Waals surface area contributed by atoms with E-state index >= 15 is 0 Å². The first kappa shape index (κ1) is 17.4. The van der Waals surface area contributed by atoms with E-state index in [0.717, 1.165) is 0 Å². The van der Waals surface area contributed by atoms with Crippen LogP contribution in [0.15, 0.2) is 0 Å². The van der Waals surface area contributed by atoms with Gasteiger partial charge in [0.15, 0.2) is 12.5 Å². The van der Waals surface area contributed by atoms with E-state index in [1.165, 1.54) is 0 Å². The van der Waals surface area contributed by atoms with Crippen molar-refractivity contribution in [2.75, 3.05) is 25.0 Å². The number of nitrogens with one attached hydrogen (secondary N) is 2. The third-order valence-electron chi connectivity index (χ3n) is 1.82. The first-order chi connectivity index (χ1) is 8.58. The smallest absolute Gasteiger partial charge is 0.237 e. The number of alkyl halides is 2. The summed E-state index contributed by atoms with van der Waals surface area (Å²) in [5, 5.41) is 5.01.